The molecule has 5 amide bonds. The molecule has 0 spiro atoms. The van der Waals surface area contributed by atoms with Crippen LogP contribution in [-0.2, 0) is 19.2 Å². The maximum atomic E-state index is 13.6. The van der Waals surface area contributed by atoms with Crippen molar-refractivity contribution in [2.75, 3.05) is 53.8 Å². The van der Waals surface area contributed by atoms with Gasteiger partial charge in [0.2, 0.25) is 11.8 Å². The van der Waals surface area contributed by atoms with Crippen molar-refractivity contribution in [1.29, 1.82) is 0 Å². The number of hydrogen-bond donors (Lipinski definition) is 3. The normalized spacial score (nSPS) is 11.1. The molecule has 12 nitrogen and oxygen atoms in total. The van der Waals surface area contributed by atoms with Gasteiger partial charge in [-0.05, 0) is 67.4 Å². The molecule has 0 radical (unpaired) electrons. The molecule has 3 N–H and O–H groups in total. The summed E-state index contributed by atoms with van der Waals surface area (Å²) in [6, 6.07) is 28.6. The largest absolute Gasteiger partial charge is 0.484 e. The van der Waals surface area contributed by atoms with Crippen molar-refractivity contribution in [3.05, 3.63) is 114 Å². The summed E-state index contributed by atoms with van der Waals surface area (Å²) in [5.74, 6) is -2.76. The number of aryl methyl sites for hydroxylation is 1. The van der Waals surface area contributed by atoms with E-state index in [0.29, 0.717) is 28.4 Å². The fourth-order valence-electron chi connectivity index (χ4n) is 4.87. The molecular weight excluding hydrogens is 626 g/mol. The minimum Gasteiger partial charge on any atom is -0.484 e. The lowest BCUT2D eigenvalue weighted by atomic mass is 10.0. The third kappa shape index (κ3) is 9.67. The number of urea groups is 1. The number of rotatable bonds is 13. The number of anilines is 4. The Bertz CT molecular complexity index is 1810. The maximum Gasteiger partial charge on any atom is 0.319 e. The Morgan fingerprint density at radius 3 is 2.14 bits per heavy atom. The van der Waals surface area contributed by atoms with Gasteiger partial charge in [-0.2, -0.15) is 0 Å². The number of hydrogen-bond acceptors (Lipinski definition) is 6. The highest BCUT2D eigenvalue weighted by Gasteiger charge is 2.23. The van der Waals surface area contributed by atoms with Gasteiger partial charge in [-0.25, -0.2) is 4.79 Å². The molecule has 0 bridgehead atoms. The molecular formula is C37H39N5O7. The third-order valence-electron chi connectivity index (χ3n) is 7.87. The van der Waals surface area contributed by atoms with Gasteiger partial charge in [0.05, 0.1) is 12.5 Å². The first kappa shape index (κ1) is 35.7. The van der Waals surface area contributed by atoms with Gasteiger partial charge in [0.15, 0.2) is 6.61 Å². The van der Waals surface area contributed by atoms with Crippen molar-refractivity contribution >= 4 is 52.5 Å². The number of carboxylic acid groups (broad SMARTS) is 1. The molecule has 0 aliphatic heterocycles. The molecule has 254 valence electrons. The Balaban J connectivity index is 1.48. The molecule has 4 rings (SSSR count). The van der Waals surface area contributed by atoms with Crippen LogP contribution in [0.15, 0.2) is 103 Å². The summed E-state index contributed by atoms with van der Waals surface area (Å²) in [5, 5.41) is 14.4. The third-order valence-corrected chi connectivity index (χ3v) is 7.87. The highest BCUT2D eigenvalue weighted by atomic mass is 16.5. The number of ether oxygens (including phenoxy) is 1. The maximum absolute atomic E-state index is 13.6. The Morgan fingerprint density at radius 2 is 1.43 bits per heavy atom. The quantitative estimate of drug-likeness (QED) is 0.181. The van der Waals surface area contributed by atoms with Gasteiger partial charge in [-0.15, -0.1) is 0 Å². The van der Waals surface area contributed by atoms with Crippen molar-refractivity contribution in [3.8, 4) is 5.75 Å². The summed E-state index contributed by atoms with van der Waals surface area (Å²) in [6.45, 7) is 2.34. The van der Waals surface area contributed by atoms with Crippen LogP contribution < -0.4 is 30.1 Å². The number of carbonyl (C=O) groups excluding carboxylic acids is 4. The number of benzene rings is 4. The standard InChI is InChI=1S/C37H39N5O7/c1-25-12-8-9-19-32(25)41(4)35(45)24-49-31-18-11-17-30(21-31)42(23-34(44)40(3)29-15-6-5-7-16-29)33(43)22-38-37(48)39-28-14-10-13-27(20-28)26(2)36(46)47/h5-21,26H,22-24H2,1-4H3,(H,46,47)(H2,38,39,48). The van der Waals surface area contributed by atoms with E-state index >= 15 is 0 Å². The van der Waals surface area contributed by atoms with E-state index in [0.717, 1.165) is 11.3 Å². The molecule has 0 heterocycles. The average Bonchev–Trinajstić information content (AvgIpc) is 3.11. The monoisotopic (exact) mass is 665 g/mol. The molecule has 0 aliphatic rings. The van der Waals surface area contributed by atoms with E-state index in [1.807, 2.05) is 37.3 Å². The van der Waals surface area contributed by atoms with E-state index < -0.39 is 36.3 Å². The Morgan fingerprint density at radius 1 is 0.755 bits per heavy atom. The second kappa shape index (κ2) is 16.6. The molecule has 0 aromatic heterocycles. The van der Waals surface area contributed by atoms with Crippen LogP contribution in [0.4, 0.5) is 27.5 Å². The highest BCUT2D eigenvalue weighted by molar-refractivity contribution is 6.05. The van der Waals surface area contributed by atoms with E-state index in [1.54, 1.807) is 86.9 Å². The summed E-state index contributed by atoms with van der Waals surface area (Å²) in [7, 11) is 3.26. The number of likely N-dealkylation sites (N-methyl/N-ethyl adjacent to an activating group) is 2. The molecule has 49 heavy (non-hydrogen) atoms. The first-order chi connectivity index (χ1) is 23.4. The second-order valence-electron chi connectivity index (χ2n) is 11.3. The minimum absolute atomic E-state index is 0.272. The fraction of sp³-hybridized carbons (Fsp3) is 0.216. The van der Waals surface area contributed by atoms with Crippen molar-refractivity contribution in [2.45, 2.75) is 19.8 Å². The van der Waals surface area contributed by atoms with Crippen molar-refractivity contribution in [3.63, 3.8) is 0 Å². The van der Waals surface area contributed by atoms with Gasteiger partial charge in [0.25, 0.3) is 5.91 Å². The number of nitrogens with zero attached hydrogens (tertiary/aromatic N) is 3. The number of para-hydroxylation sites is 2. The number of carbonyl (C=O) groups is 5. The average molecular weight is 666 g/mol. The second-order valence-corrected chi connectivity index (χ2v) is 11.3. The van der Waals surface area contributed by atoms with Crippen LogP contribution in [-0.4, -0.2) is 68.6 Å². The molecule has 1 unspecified atom stereocenters. The van der Waals surface area contributed by atoms with Gasteiger partial charge >= 0.3 is 12.0 Å². The number of aliphatic carboxylic acids is 1. The summed E-state index contributed by atoms with van der Waals surface area (Å²) in [5.41, 5.74) is 3.48. The van der Waals surface area contributed by atoms with Gasteiger partial charge in [-0.3, -0.25) is 19.2 Å². The fourth-order valence-corrected chi connectivity index (χ4v) is 4.87. The summed E-state index contributed by atoms with van der Waals surface area (Å²) in [4.78, 5) is 68.2. The zero-order chi connectivity index (χ0) is 35.5. The molecule has 1 atom stereocenters. The SMILES string of the molecule is Cc1ccccc1N(C)C(=O)COc1cccc(N(CC(=O)N(C)c2ccccc2)C(=O)CNC(=O)Nc2cccc(C(C)C(=O)O)c2)c1. The Hall–Kier alpha value is -6.17. The van der Waals surface area contributed by atoms with E-state index in [9.17, 15) is 29.1 Å². The lowest BCUT2D eigenvalue weighted by Crippen LogP contribution is -2.46. The molecule has 0 saturated carbocycles. The lowest BCUT2D eigenvalue weighted by Gasteiger charge is -2.26. The van der Waals surface area contributed by atoms with Crippen LogP contribution in [0.1, 0.15) is 24.0 Å². The van der Waals surface area contributed by atoms with Crippen molar-refractivity contribution in [1.82, 2.24) is 5.32 Å². The summed E-state index contributed by atoms with van der Waals surface area (Å²) >= 11 is 0. The van der Waals surface area contributed by atoms with Gasteiger partial charge in [0.1, 0.15) is 12.3 Å². The topological polar surface area (TPSA) is 149 Å². The summed E-state index contributed by atoms with van der Waals surface area (Å²) in [6.07, 6.45) is 0. The predicted molar refractivity (Wildman–Crippen MR) is 188 cm³/mol. The van der Waals surface area contributed by atoms with Crippen molar-refractivity contribution in [2.24, 2.45) is 0 Å². The van der Waals surface area contributed by atoms with Crippen LogP contribution in [0.25, 0.3) is 0 Å². The van der Waals surface area contributed by atoms with Crippen LogP contribution in [0.2, 0.25) is 0 Å². The predicted octanol–water partition coefficient (Wildman–Crippen LogP) is 5.04. The molecule has 0 saturated heterocycles. The first-order valence-electron chi connectivity index (χ1n) is 15.5. The van der Waals surface area contributed by atoms with Crippen LogP contribution in [0.3, 0.4) is 0 Å². The van der Waals surface area contributed by atoms with Gasteiger partial charge < -0.3 is 35.2 Å². The number of nitrogens with one attached hydrogen (secondary N) is 2. The smallest absolute Gasteiger partial charge is 0.319 e. The summed E-state index contributed by atoms with van der Waals surface area (Å²) < 4.78 is 5.81. The Labute approximate surface area is 284 Å². The zero-order valence-electron chi connectivity index (χ0n) is 27.8. The molecule has 12 heteroatoms. The van der Waals surface area contributed by atoms with Gasteiger partial charge in [-0.1, -0.05) is 54.6 Å². The number of amides is 5. The molecule has 0 aliphatic carbocycles. The zero-order valence-corrected chi connectivity index (χ0v) is 27.8. The molecule has 4 aromatic carbocycles. The number of carboxylic acids is 1. The first-order valence-corrected chi connectivity index (χ1v) is 15.5. The van der Waals surface area contributed by atoms with E-state index in [1.165, 1.54) is 21.6 Å². The van der Waals surface area contributed by atoms with Crippen LogP contribution in [0, 0.1) is 6.92 Å². The van der Waals surface area contributed by atoms with E-state index in [-0.39, 0.29) is 19.1 Å². The molecule has 0 fully saturated rings. The highest BCUT2D eigenvalue weighted by Crippen LogP contribution is 2.24. The van der Waals surface area contributed by atoms with Crippen LogP contribution >= 0.6 is 0 Å². The van der Waals surface area contributed by atoms with E-state index in [4.69, 9.17) is 4.74 Å². The lowest BCUT2D eigenvalue weighted by molar-refractivity contribution is -0.138. The molecule has 4 aromatic rings. The van der Waals surface area contributed by atoms with Crippen molar-refractivity contribution < 1.29 is 33.8 Å². The van der Waals surface area contributed by atoms with Gasteiger partial charge in [0, 0.05) is 42.9 Å². The van der Waals surface area contributed by atoms with Crippen LogP contribution in [0.5, 0.6) is 5.75 Å². The Kier molecular flexibility index (Phi) is 12.1. The minimum atomic E-state index is -1.00. The van der Waals surface area contributed by atoms with E-state index in [2.05, 4.69) is 10.6 Å².